The van der Waals surface area contributed by atoms with Crippen LogP contribution in [0.15, 0.2) is 12.7 Å². The lowest BCUT2D eigenvalue weighted by Gasteiger charge is -1.99. The molecular weight excluding hydrogens is 100 g/mol. The molecule has 8 heavy (non-hydrogen) atoms. The van der Waals surface area contributed by atoms with Crippen LogP contribution in [0.3, 0.4) is 0 Å². The van der Waals surface area contributed by atoms with Crippen molar-refractivity contribution in [3.8, 4) is 0 Å². The van der Waals surface area contributed by atoms with Gasteiger partial charge in [-0.2, -0.15) is 0 Å². The zero-order chi connectivity index (χ0) is 6.41. The minimum Gasteiger partial charge on any atom is -0.303 e. The number of hydrogen-bond acceptors (Lipinski definition) is 1. The fourth-order valence-electron chi connectivity index (χ4n) is 0.545. The van der Waals surface area contributed by atoms with Crippen LogP contribution in [0.5, 0.6) is 0 Å². The quantitative estimate of drug-likeness (QED) is 0.400. The molecule has 0 bridgehead atoms. The maximum absolute atomic E-state index is 9.86. The third-order valence-electron chi connectivity index (χ3n) is 1.07. The van der Waals surface area contributed by atoms with Crippen LogP contribution in [-0.4, -0.2) is 6.29 Å². The molecule has 0 N–H and O–H groups in total. The Bertz CT molecular complexity index is 66.5. The lowest BCUT2D eigenvalue weighted by Crippen LogP contribution is -1.91. The second-order valence-electron chi connectivity index (χ2n) is 2.03. The topological polar surface area (TPSA) is 17.1 Å². The first kappa shape index (κ1) is 7.41. The molecule has 0 aromatic heterocycles. The first-order valence-corrected chi connectivity index (χ1v) is 2.85. The van der Waals surface area contributed by atoms with Crippen molar-refractivity contribution >= 4 is 6.29 Å². The molecule has 0 spiro atoms. The summed E-state index contributed by atoms with van der Waals surface area (Å²) < 4.78 is 0. The Hall–Kier alpha value is -0.590. The second kappa shape index (κ2) is 4.57. The molecule has 1 nitrogen and oxygen atoms in total. The summed E-state index contributed by atoms with van der Waals surface area (Å²) in [6, 6.07) is 0. The normalized spacial score (nSPS) is 12.6. The maximum atomic E-state index is 9.86. The van der Waals surface area contributed by atoms with E-state index in [4.69, 9.17) is 0 Å². The molecule has 1 heteroatoms. The van der Waals surface area contributed by atoms with Gasteiger partial charge < -0.3 is 4.79 Å². The lowest BCUT2D eigenvalue weighted by molar-refractivity contribution is -0.108. The number of carbonyl (C=O) groups excluding carboxylic acids is 1. The number of carbonyl (C=O) groups is 1. The standard InChI is InChI=1S/C7H12O/c1-3-4-7(2)5-6-8/h3,6-7H,1,4-5H2,2H3/t7-/m0/s1. The van der Waals surface area contributed by atoms with Crippen molar-refractivity contribution in [2.24, 2.45) is 5.92 Å². The molecule has 0 aromatic carbocycles. The van der Waals surface area contributed by atoms with Crippen molar-refractivity contribution in [2.75, 3.05) is 0 Å². The summed E-state index contributed by atoms with van der Waals surface area (Å²) in [6.07, 6.45) is 4.40. The lowest BCUT2D eigenvalue weighted by atomic mass is 10.1. The van der Waals surface area contributed by atoms with Gasteiger partial charge in [-0.25, -0.2) is 0 Å². The summed E-state index contributed by atoms with van der Waals surface area (Å²) in [6.45, 7) is 5.60. The number of aldehydes is 1. The van der Waals surface area contributed by atoms with Crippen LogP contribution in [0.25, 0.3) is 0 Å². The highest BCUT2D eigenvalue weighted by molar-refractivity contribution is 5.49. The summed E-state index contributed by atoms with van der Waals surface area (Å²) in [7, 11) is 0. The average Bonchev–Trinajstić information content (AvgIpc) is 1.68. The highest BCUT2D eigenvalue weighted by atomic mass is 16.1. The fourth-order valence-corrected chi connectivity index (χ4v) is 0.545. The molecule has 0 heterocycles. The zero-order valence-corrected chi connectivity index (χ0v) is 5.26. The van der Waals surface area contributed by atoms with E-state index in [1.807, 2.05) is 13.0 Å². The Morgan fingerprint density at radius 3 is 2.62 bits per heavy atom. The molecule has 0 radical (unpaired) electrons. The highest BCUT2D eigenvalue weighted by Gasteiger charge is 1.94. The molecule has 0 saturated heterocycles. The van der Waals surface area contributed by atoms with E-state index >= 15 is 0 Å². The van der Waals surface area contributed by atoms with Gasteiger partial charge in [0.25, 0.3) is 0 Å². The van der Waals surface area contributed by atoms with Gasteiger partial charge in [-0.05, 0) is 12.3 Å². The first-order chi connectivity index (χ1) is 3.81. The Kier molecular flexibility index (Phi) is 4.23. The Labute approximate surface area is 50.4 Å². The zero-order valence-electron chi connectivity index (χ0n) is 5.26. The predicted molar refractivity (Wildman–Crippen MR) is 34.7 cm³/mol. The molecule has 0 fully saturated rings. The molecule has 0 unspecified atom stereocenters. The third kappa shape index (κ3) is 3.59. The summed E-state index contributed by atoms with van der Waals surface area (Å²) in [5.41, 5.74) is 0. The van der Waals surface area contributed by atoms with E-state index in [2.05, 4.69) is 6.58 Å². The minimum atomic E-state index is 0.477. The average molecular weight is 112 g/mol. The van der Waals surface area contributed by atoms with Gasteiger partial charge in [0.2, 0.25) is 0 Å². The molecule has 0 amide bonds. The van der Waals surface area contributed by atoms with Gasteiger partial charge in [0.15, 0.2) is 0 Å². The fraction of sp³-hybridized carbons (Fsp3) is 0.571. The first-order valence-electron chi connectivity index (χ1n) is 2.85. The molecule has 0 aliphatic rings. The van der Waals surface area contributed by atoms with Gasteiger partial charge >= 0.3 is 0 Å². The smallest absolute Gasteiger partial charge is 0.120 e. The van der Waals surface area contributed by atoms with E-state index in [0.717, 1.165) is 12.7 Å². The summed E-state index contributed by atoms with van der Waals surface area (Å²) in [5.74, 6) is 0.477. The molecule has 1 atom stereocenters. The number of hydrogen-bond donors (Lipinski definition) is 0. The third-order valence-corrected chi connectivity index (χ3v) is 1.07. The van der Waals surface area contributed by atoms with Crippen LogP contribution in [0, 0.1) is 5.92 Å². The van der Waals surface area contributed by atoms with Gasteiger partial charge in [-0.1, -0.05) is 13.0 Å². The van der Waals surface area contributed by atoms with Gasteiger partial charge in [0.05, 0.1) is 0 Å². The van der Waals surface area contributed by atoms with Crippen LogP contribution in [0.1, 0.15) is 19.8 Å². The van der Waals surface area contributed by atoms with Gasteiger partial charge in [-0.3, -0.25) is 0 Å². The van der Waals surface area contributed by atoms with Gasteiger partial charge in [-0.15, -0.1) is 6.58 Å². The maximum Gasteiger partial charge on any atom is 0.120 e. The van der Waals surface area contributed by atoms with Crippen molar-refractivity contribution < 1.29 is 4.79 Å². The Morgan fingerprint density at radius 1 is 1.62 bits per heavy atom. The van der Waals surface area contributed by atoms with Crippen molar-refractivity contribution in [1.82, 2.24) is 0 Å². The van der Waals surface area contributed by atoms with Crippen LogP contribution in [0.2, 0.25) is 0 Å². The van der Waals surface area contributed by atoms with E-state index in [-0.39, 0.29) is 0 Å². The van der Waals surface area contributed by atoms with E-state index < -0.39 is 0 Å². The van der Waals surface area contributed by atoms with Crippen molar-refractivity contribution in [3.05, 3.63) is 12.7 Å². The van der Waals surface area contributed by atoms with Crippen LogP contribution >= 0.6 is 0 Å². The molecule has 0 saturated carbocycles. The van der Waals surface area contributed by atoms with Gasteiger partial charge in [0, 0.05) is 6.42 Å². The second-order valence-corrected chi connectivity index (χ2v) is 2.03. The Morgan fingerprint density at radius 2 is 2.25 bits per heavy atom. The molecular formula is C7H12O. The van der Waals surface area contributed by atoms with Crippen LogP contribution < -0.4 is 0 Å². The molecule has 0 aromatic rings. The van der Waals surface area contributed by atoms with Gasteiger partial charge in [0.1, 0.15) is 6.29 Å². The minimum absolute atomic E-state index is 0.477. The van der Waals surface area contributed by atoms with E-state index in [1.165, 1.54) is 0 Å². The van der Waals surface area contributed by atoms with Crippen molar-refractivity contribution in [3.63, 3.8) is 0 Å². The van der Waals surface area contributed by atoms with Crippen LogP contribution in [-0.2, 0) is 4.79 Å². The largest absolute Gasteiger partial charge is 0.303 e. The van der Waals surface area contributed by atoms with E-state index in [0.29, 0.717) is 12.3 Å². The summed E-state index contributed by atoms with van der Waals surface area (Å²) in [5, 5.41) is 0. The van der Waals surface area contributed by atoms with Crippen molar-refractivity contribution in [1.29, 1.82) is 0 Å². The monoisotopic (exact) mass is 112 g/mol. The van der Waals surface area contributed by atoms with E-state index in [1.54, 1.807) is 0 Å². The number of allylic oxidation sites excluding steroid dienone is 1. The summed E-state index contributed by atoms with van der Waals surface area (Å²) in [4.78, 5) is 9.86. The summed E-state index contributed by atoms with van der Waals surface area (Å²) >= 11 is 0. The highest BCUT2D eigenvalue weighted by Crippen LogP contribution is 2.03. The Balaban J connectivity index is 3.16. The molecule has 0 aliphatic carbocycles. The molecule has 0 rings (SSSR count). The van der Waals surface area contributed by atoms with Crippen molar-refractivity contribution in [2.45, 2.75) is 19.8 Å². The SMILES string of the molecule is C=CC[C@H](C)CC=O. The molecule has 0 aliphatic heterocycles. The molecule has 46 valence electrons. The number of rotatable bonds is 4. The van der Waals surface area contributed by atoms with E-state index in [9.17, 15) is 4.79 Å². The van der Waals surface area contributed by atoms with Crippen LogP contribution in [0.4, 0.5) is 0 Å². The predicted octanol–water partition coefficient (Wildman–Crippen LogP) is 1.79.